The summed E-state index contributed by atoms with van der Waals surface area (Å²) in [4.78, 5) is 44.6. The van der Waals surface area contributed by atoms with E-state index in [1.807, 2.05) is 36.4 Å². The number of carbonyl (C=O) groups is 3. The van der Waals surface area contributed by atoms with Gasteiger partial charge in [0, 0.05) is 24.4 Å². The lowest BCUT2D eigenvalue weighted by molar-refractivity contribution is -0.137. The number of pyridine rings is 1. The molecule has 37 heavy (non-hydrogen) atoms. The third-order valence-electron chi connectivity index (χ3n) is 6.36. The number of aromatic nitrogens is 1. The number of ether oxygens (including phenoxy) is 1. The second-order valence-corrected chi connectivity index (χ2v) is 8.75. The van der Waals surface area contributed by atoms with Gasteiger partial charge in [-0.25, -0.2) is 4.98 Å². The van der Waals surface area contributed by atoms with Crippen LogP contribution in [0.4, 0.5) is 0 Å². The first-order valence-corrected chi connectivity index (χ1v) is 12.1. The van der Waals surface area contributed by atoms with Crippen molar-refractivity contribution in [2.75, 3.05) is 19.7 Å². The first-order valence-electron chi connectivity index (χ1n) is 12.1. The van der Waals surface area contributed by atoms with Crippen LogP contribution in [-0.2, 0) is 9.59 Å². The zero-order valence-electron chi connectivity index (χ0n) is 20.1. The maximum Gasteiger partial charge on any atom is 0.270 e. The minimum Gasteiger partial charge on any atom is -0.484 e. The zero-order chi connectivity index (χ0) is 25.6. The first-order chi connectivity index (χ1) is 18.1. The van der Waals surface area contributed by atoms with Crippen molar-refractivity contribution in [2.45, 2.75) is 12.8 Å². The summed E-state index contributed by atoms with van der Waals surface area (Å²) in [5.74, 6) is 0.00894. The van der Waals surface area contributed by atoms with Gasteiger partial charge in [-0.1, -0.05) is 36.4 Å². The van der Waals surface area contributed by atoms with Crippen molar-refractivity contribution in [2.24, 2.45) is 5.92 Å². The van der Waals surface area contributed by atoms with E-state index in [2.05, 4.69) is 15.8 Å². The number of piperidine rings is 1. The maximum absolute atomic E-state index is 13.0. The second kappa shape index (κ2) is 10.9. The number of rotatable bonds is 6. The highest BCUT2D eigenvalue weighted by molar-refractivity contribution is 6.07. The third-order valence-corrected chi connectivity index (χ3v) is 6.36. The molecule has 0 saturated carbocycles. The Morgan fingerprint density at radius 1 is 0.946 bits per heavy atom. The quantitative estimate of drug-likeness (QED) is 0.393. The Kier molecular flexibility index (Phi) is 7.12. The van der Waals surface area contributed by atoms with Gasteiger partial charge in [0.15, 0.2) is 12.4 Å². The van der Waals surface area contributed by atoms with Crippen LogP contribution in [0.1, 0.15) is 23.2 Å². The van der Waals surface area contributed by atoms with Gasteiger partial charge < -0.3 is 14.1 Å². The Morgan fingerprint density at radius 2 is 1.70 bits per heavy atom. The van der Waals surface area contributed by atoms with Crippen molar-refractivity contribution in [3.8, 4) is 17.2 Å². The fraction of sp³-hybridized carbons (Fsp3) is 0.214. The molecule has 4 aromatic rings. The minimum atomic E-state index is -0.453. The van der Waals surface area contributed by atoms with Crippen LogP contribution >= 0.6 is 0 Å². The number of para-hydroxylation sites is 2. The lowest BCUT2D eigenvalue weighted by atomic mass is 9.96. The molecule has 1 saturated heterocycles. The Bertz CT molecular complexity index is 1400. The number of nitrogens with zero attached hydrogens (tertiary/aromatic N) is 2. The molecule has 0 atom stereocenters. The van der Waals surface area contributed by atoms with Crippen LogP contribution < -0.4 is 15.6 Å². The summed E-state index contributed by atoms with van der Waals surface area (Å²) in [5, 5.41) is 0.661. The van der Waals surface area contributed by atoms with Gasteiger partial charge in [0.1, 0.15) is 11.4 Å². The van der Waals surface area contributed by atoms with E-state index in [-0.39, 0.29) is 24.3 Å². The Labute approximate surface area is 213 Å². The molecule has 9 heteroatoms. The summed E-state index contributed by atoms with van der Waals surface area (Å²) in [5.41, 5.74) is 6.62. The third kappa shape index (κ3) is 5.61. The smallest absolute Gasteiger partial charge is 0.270 e. The molecule has 9 nitrogen and oxygen atoms in total. The highest BCUT2D eigenvalue weighted by Crippen LogP contribution is 2.25. The molecule has 1 fully saturated rings. The summed E-state index contributed by atoms with van der Waals surface area (Å²) >= 11 is 0. The van der Waals surface area contributed by atoms with Gasteiger partial charge in [0.2, 0.25) is 5.91 Å². The molecule has 2 aromatic heterocycles. The van der Waals surface area contributed by atoms with Crippen LogP contribution in [0.25, 0.3) is 22.4 Å². The molecular formula is C28H26N4O5. The fourth-order valence-electron chi connectivity index (χ4n) is 4.35. The van der Waals surface area contributed by atoms with E-state index in [0.29, 0.717) is 59.6 Å². The monoisotopic (exact) mass is 498 g/mol. The van der Waals surface area contributed by atoms with E-state index >= 15 is 0 Å². The van der Waals surface area contributed by atoms with Crippen LogP contribution in [-0.4, -0.2) is 47.3 Å². The van der Waals surface area contributed by atoms with Crippen molar-refractivity contribution >= 4 is 28.6 Å². The molecule has 1 aliphatic heterocycles. The molecule has 0 unspecified atom stereocenters. The van der Waals surface area contributed by atoms with Gasteiger partial charge in [-0.05, 0) is 49.2 Å². The average molecular weight is 499 g/mol. The summed E-state index contributed by atoms with van der Waals surface area (Å²) in [7, 11) is 0. The van der Waals surface area contributed by atoms with Crippen LogP contribution in [0.15, 0.2) is 83.5 Å². The van der Waals surface area contributed by atoms with Crippen molar-refractivity contribution in [3.63, 3.8) is 0 Å². The number of amides is 3. The molecule has 0 bridgehead atoms. The van der Waals surface area contributed by atoms with Gasteiger partial charge in [0.05, 0.1) is 17.3 Å². The molecule has 0 spiro atoms. The number of furan rings is 1. The van der Waals surface area contributed by atoms with Gasteiger partial charge in [-0.15, -0.1) is 0 Å². The molecule has 1 aliphatic rings. The largest absolute Gasteiger partial charge is 0.484 e. The molecule has 5 rings (SSSR count). The second-order valence-electron chi connectivity index (χ2n) is 8.75. The lowest BCUT2D eigenvalue weighted by Gasteiger charge is -2.31. The highest BCUT2D eigenvalue weighted by Gasteiger charge is 2.28. The number of benzene rings is 2. The van der Waals surface area contributed by atoms with E-state index in [4.69, 9.17) is 9.15 Å². The van der Waals surface area contributed by atoms with E-state index in [0.717, 1.165) is 0 Å². The van der Waals surface area contributed by atoms with E-state index in [9.17, 15) is 14.4 Å². The number of fused-ring (bicyclic) bond motifs is 1. The molecule has 188 valence electrons. The molecule has 2 aromatic carbocycles. The molecule has 3 heterocycles. The fourth-order valence-corrected chi connectivity index (χ4v) is 4.35. The van der Waals surface area contributed by atoms with Crippen molar-refractivity contribution in [3.05, 3.63) is 84.6 Å². The molecule has 0 aliphatic carbocycles. The van der Waals surface area contributed by atoms with Crippen molar-refractivity contribution in [1.29, 1.82) is 0 Å². The Hall–Kier alpha value is -4.66. The molecule has 0 radical (unpaired) electrons. The molecular weight excluding hydrogens is 472 g/mol. The number of nitrogens with one attached hydrogen (secondary N) is 2. The molecule has 2 N–H and O–H groups in total. The number of carbonyl (C=O) groups excluding carboxylic acids is 3. The van der Waals surface area contributed by atoms with Crippen LogP contribution in [0.5, 0.6) is 5.75 Å². The summed E-state index contributed by atoms with van der Waals surface area (Å²) in [6.07, 6.45) is 2.54. The predicted octanol–water partition coefficient (Wildman–Crippen LogP) is 3.57. The van der Waals surface area contributed by atoms with Crippen LogP contribution in [0.3, 0.4) is 0 Å². The minimum absolute atomic E-state index is 0.0448. The van der Waals surface area contributed by atoms with E-state index in [1.165, 1.54) is 0 Å². The highest BCUT2D eigenvalue weighted by atomic mass is 16.5. The van der Waals surface area contributed by atoms with Crippen LogP contribution in [0, 0.1) is 5.92 Å². The Morgan fingerprint density at radius 3 is 2.46 bits per heavy atom. The zero-order valence-corrected chi connectivity index (χ0v) is 20.1. The number of likely N-dealkylation sites (tertiary alicyclic amines) is 1. The van der Waals surface area contributed by atoms with E-state index < -0.39 is 5.91 Å². The summed E-state index contributed by atoms with van der Waals surface area (Å²) in [6.45, 7) is 0.853. The Balaban J connectivity index is 1.16. The van der Waals surface area contributed by atoms with Crippen LogP contribution in [0.2, 0.25) is 0 Å². The van der Waals surface area contributed by atoms with Gasteiger partial charge in [-0.3, -0.25) is 25.2 Å². The first kappa shape index (κ1) is 24.1. The number of hydrogen-bond donors (Lipinski definition) is 2. The van der Waals surface area contributed by atoms with E-state index in [1.54, 1.807) is 47.6 Å². The van der Waals surface area contributed by atoms with Crippen molar-refractivity contribution in [1.82, 2.24) is 20.7 Å². The summed E-state index contributed by atoms with van der Waals surface area (Å²) in [6, 6.07) is 21.6. The summed E-state index contributed by atoms with van der Waals surface area (Å²) < 4.78 is 11.0. The average Bonchev–Trinajstić information content (AvgIpc) is 3.50. The SMILES string of the molecule is O=C(NNC(=O)C1CCN(C(=O)COc2ccccc2)CC1)c1cc(-c2ccco2)nc2ccccc12. The normalized spacial score (nSPS) is 13.8. The van der Waals surface area contributed by atoms with Gasteiger partial charge in [0.25, 0.3) is 11.8 Å². The topological polar surface area (TPSA) is 114 Å². The van der Waals surface area contributed by atoms with Gasteiger partial charge >= 0.3 is 0 Å². The van der Waals surface area contributed by atoms with Gasteiger partial charge in [-0.2, -0.15) is 0 Å². The number of hydrazine groups is 1. The standard InChI is InChI=1S/C28H26N4O5/c33-26(18-37-20-7-2-1-3-8-20)32-14-12-19(13-15-32)27(34)30-31-28(35)22-17-24(25-11-6-16-36-25)29-23-10-5-4-9-21(22)23/h1-11,16-17,19H,12-15,18H2,(H,30,34)(H,31,35). The lowest BCUT2D eigenvalue weighted by Crippen LogP contribution is -2.48. The predicted molar refractivity (Wildman–Crippen MR) is 136 cm³/mol. The molecule has 3 amide bonds. The van der Waals surface area contributed by atoms with Crippen molar-refractivity contribution < 1.29 is 23.5 Å². The maximum atomic E-state index is 13.0. The number of hydrogen-bond acceptors (Lipinski definition) is 6.